The van der Waals surface area contributed by atoms with E-state index in [0.717, 1.165) is 18.0 Å². The van der Waals surface area contributed by atoms with E-state index in [4.69, 9.17) is 4.52 Å². The number of nitrogens with zero attached hydrogens (tertiary/aromatic N) is 2. The molecule has 0 aliphatic carbocycles. The van der Waals surface area contributed by atoms with Gasteiger partial charge < -0.3 is 4.52 Å². The average molecular weight is 248 g/mol. The molecule has 0 saturated carbocycles. The first-order valence-corrected chi connectivity index (χ1v) is 6.69. The molecule has 4 heteroatoms. The minimum absolute atomic E-state index is 0.702. The van der Waals surface area contributed by atoms with Gasteiger partial charge in [0.15, 0.2) is 5.82 Å². The van der Waals surface area contributed by atoms with Crippen molar-refractivity contribution < 1.29 is 4.52 Å². The number of aromatic nitrogens is 2. The zero-order valence-corrected chi connectivity index (χ0v) is 11.2. The van der Waals surface area contributed by atoms with Gasteiger partial charge in [0.05, 0.1) is 5.75 Å². The maximum absolute atomic E-state index is 5.17. The van der Waals surface area contributed by atoms with Gasteiger partial charge in [0.1, 0.15) is 0 Å². The summed E-state index contributed by atoms with van der Waals surface area (Å²) >= 11 is 1.74. The van der Waals surface area contributed by atoms with Crippen LogP contribution in [0.25, 0.3) is 0 Å². The minimum Gasteiger partial charge on any atom is -0.338 e. The summed E-state index contributed by atoms with van der Waals surface area (Å²) in [5.41, 5.74) is 2.56. The Bertz CT molecular complexity index is 508. The molecule has 2 rings (SSSR count). The van der Waals surface area contributed by atoms with Crippen LogP contribution in [0.15, 0.2) is 27.6 Å². The van der Waals surface area contributed by atoms with Crippen LogP contribution in [0.3, 0.4) is 0 Å². The largest absolute Gasteiger partial charge is 0.338 e. The molecule has 0 aliphatic rings. The Morgan fingerprint density at radius 2 is 2.12 bits per heavy atom. The van der Waals surface area contributed by atoms with Crippen LogP contribution < -0.4 is 0 Å². The summed E-state index contributed by atoms with van der Waals surface area (Å²) in [5.74, 6) is 2.21. The smallest absolute Gasteiger partial charge is 0.237 e. The van der Waals surface area contributed by atoms with Crippen LogP contribution in [0.1, 0.15) is 29.8 Å². The molecule has 1 aromatic heterocycles. The minimum atomic E-state index is 0.702. The van der Waals surface area contributed by atoms with Crippen LogP contribution in [0.5, 0.6) is 0 Å². The number of thioether (sulfide) groups is 1. The van der Waals surface area contributed by atoms with Crippen molar-refractivity contribution in [3.8, 4) is 0 Å². The van der Waals surface area contributed by atoms with Crippen molar-refractivity contribution in [2.75, 3.05) is 0 Å². The van der Waals surface area contributed by atoms with E-state index in [0.29, 0.717) is 5.89 Å². The zero-order chi connectivity index (χ0) is 12.3. The Labute approximate surface area is 106 Å². The van der Waals surface area contributed by atoms with Gasteiger partial charge in [0.25, 0.3) is 0 Å². The highest BCUT2D eigenvalue weighted by molar-refractivity contribution is 7.98. The van der Waals surface area contributed by atoms with Gasteiger partial charge in [-0.2, -0.15) is 4.98 Å². The van der Waals surface area contributed by atoms with E-state index in [1.165, 1.54) is 16.0 Å². The second-order valence-electron chi connectivity index (χ2n) is 4.02. The first-order valence-electron chi connectivity index (χ1n) is 5.70. The second kappa shape index (κ2) is 5.36. The van der Waals surface area contributed by atoms with Crippen LogP contribution in [0.4, 0.5) is 0 Å². The number of benzene rings is 1. The lowest BCUT2D eigenvalue weighted by molar-refractivity contribution is 0.385. The van der Waals surface area contributed by atoms with E-state index in [1.807, 2.05) is 6.92 Å². The van der Waals surface area contributed by atoms with Gasteiger partial charge in [-0.25, -0.2) is 0 Å². The Balaban J connectivity index is 2.04. The standard InChI is InChI=1S/C13H16N2OS/c1-4-12-14-13(16-15-12)8-17-11-7-9(2)5-6-10(11)3/h5-7H,4,8H2,1-3H3. The lowest BCUT2D eigenvalue weighted by Gasteiger charge is -2.04. The third-order valence-electron chi connectivity index (χ3n) is 2.52. The Morgan fingerprint density at radius 3 is 2.82 bits per heavy atom. The maximum Gasteiger partial charge on any atom is 0.237 e. The molecule has 17 heavy (non-hydrogen) atoms. The molecule has 3 nitrogen and oxygen atoms in total. The highest BCUT2D eigenvalue weighted by atomic mass is 32.2. The van der Waals surface area contributed by atoms with Gasteiger partial charge >= 0.3 is 0 Å². The Hall–Kier alpha value is -1.29. The first-order chi connectivity index (χ1) is 8.19. The average Bonchev–Trinajstić information content (AvgIpc) is 2.78. The van der Waals surface area contributed by atoms with Gasteiger partial charge in [-0.05, 0) is 25.5 Å². The van der Waals surface area contributed by atoms with Crippen LogP contribution in [-0.2, 0) is 12.2 Å². The van der Waals surface area contributed by atoms with Crippen molar-refractivity contribution in [3.63, 3.8) is 0 Å². The topological polar surface area (TPSA) is 38.9 Å². The summed E-state index contributed by atoms with van der Waals surface area (Å²) in [7, 11) is 0. The summed E-state index contributed by atoms with van der Waals surface area (Å²) in [4.78, 5) is 5.58. The predicted octanol–water partition coefficient (Wildman–Crippen LogP) is 3.54. The van der Waals surface area contributed by atoms with Crippen LogP contribution in [0, 0.1) is 13.8 Å². The molecule has 0 unspecified atom stereocenters. The molecule has 0 fully saturated rings. The molecule has 0 N–H and O–H groups in total. The summed E-state index contributed by atoms with van der Waals surface area (Å²) in [6.07, 6.45) is 0.817. The molecule has 0 atom stereocenters. The number of aryl methyl sites for hydroxylation is 3. The lowest BCUT2D eigenvalue weighted by Crippen LogP contribution is -1.86. The van der Waals surface area contributed by atoms with E-state index < -0.39 is 0 Å². The zero-order valence-electron chi connectivity index (χ0n) is 10.4. The van der Waals surface area contributed by atoms with Gasteiger partial charge in [-0.3, -0.25) is 0 Å². The van der Waals surface area contributed by atoms with Crippen LogP contribution in [-0.4, -0.2) is 10.1 Å². The quantitative estimate of drug-likeness (QED) is 0.776. The SMILES string of the molecule is CCc1noc(CSc2cc(C)ccc2C)n1. The van der Waals surface area contributed by atoms with Crippen LogP contribution in [0.2, 0.25) is 0 Å². The van der Waals surface area contributed by atoms with Crippen molar-refractivity contribution >= 4 is 11.8 Å². The Morgan fingerprint density at radius 1 is 1.29 bits per heavy atom. The molecule has 0 aliphatic heterocycles. The third kappa shape index (κ3) is 3.09. The van der Waals surface area contributed by atoms with Crippen molar-refractivity contribution in [2.45, 2.75) is 37.8 Å². The van der Waals surface area contributed by atoms with Crippen molar-refractivity contribution in [1.82, 2.24) is 10.1 Å². The number of hydrogen-bond acceptors (Lipinski definition) is 4. The molecule has 1 heterocycles. The Kier molecular flexibility index (Phi) is 3.84. The van der Waals surface area contributed by atoms with E-state index in [-0.39, 0.29) is 0 Å². The molecule has 1 aromatic carbocycles. The molecule has 2 aromatic rings. The fourth-order valence-corrected chi connectivity index (χ4v) is 2.46. The molecular weight excluding hydrogens is 232 g/mol. The van der Waals surface area contributed by atoms with Gasteiger partial charge in [-0.15, -0.1) is 11.8 Å². The van der Waals surface area contributed by atoms with E-state index in [2.05, 4.69) is 42.2 Å². The van der Waals surface area contributed by atoms with Crippen LogP contribution >= 0.6 is 11.8 Å². The predicted molar refractivity (Wildman–Crippen MR) is 69.2 cm³/mol. The van der Waals surface area contributed by atoms with E-state index in [9.17, 15) is 0 Å². The summed E-state index contributed by atoms with van der Waals surface area (Å²) in [5, 5.41) is 3.89. The highest BCUT2D eigenvalue weighted by Gasteiger charge is 2.06. The second-order valence-corrected chi connectivity index (χ2v) is 5.03. The molecule has 0 saturated heterocycles. The molecule has 90 valence electrons. The van der Waals surface area contributed by atoms with Gasteiger partial charge in [0.2, 0.25) is 5.89 Å². The van der Waals surface area contributed by atoms with Crippen molar-refractivity contribution in [2.24, 2.45) is 0 Å². The summed E-state index contributed by atoms with van der Waals surface area (Å²) in [6.45, 7) is 6.24. The summed E-state index contributed by atoms with van der Waals surface area (Å²) in [6, 6.07) is 6.46. The first kappa shape index (κ1) is 12.2. The monoisotopic (exact) mass is 248 g/mol. The van der Waals surface area contributed by atoms with E-state index >= 15 is 0 Å². The van der Waals surface area contributed by atoms with Gasteiger partial charge in [-0.1, -0.05) is 29.8 Å². The van der Waals surface area contributed by atoms with E-state index in [1.54, 1.807) is 11.8 Å². The molecule has 0 amide bonds. The highest BCUT2D eigenvalue weighted by Crippen LogP contribution is 2.26. The van der Waals surface area contributed by atoms with Crippen molar-refractivity contribution in [3.05, 3.63) is 41.0 Å². The third-order valence-corrected chi connectivity index (χ3v) is 3.66. The van der Waals surface area contributed by atoms with Crippen molar-refractivity contribution in [1.29, 1.82) is 0 Å². The van der Waals surface area contributed by atoms with Gasteiger partial charge in [0, 0.05) is 11.3 Å². The molecule has 0 bridgehead atoms. The summed E-state index contributed by atoms with van der Waals surface area (Å²) < 4.78 is 5.17. The fraction of sp³-hybridized carbons (Fsp3) is 0.385. The maximum atomic E-state index is 5.17. The molecular formula is C13H16N2OS. The molecule has 0 radical (unpaired) electrons. The number of rotatable bonds is 4. The number of hydrogen-bond donors (Lipinski definition) is 0. The fourth-order valence-electron chi connectivity index (χ4n) is 1.49. The normalized spacial score (nSPS) is 10.8. The lowest BCUT2D eigenvalue weighted by atomic mass is 10.2. The molecule has 0 spiro atoms.